The van der Waals surface area contributed by atoms with Crippen molar-refractivity contribution in [3.63, 3.8) is 0 Å². The molecule has 0 saturated carbocycles. The van der Waals surface area contributed by atoms with E-state index in [1.807, 2.05) is 0 Å². The molecule has 1 heterocycles. The fourth-order valence-electron chi connectivity index (χ4n) is 3.00. The third-order valence-corrected chi connectivity index (χ3v) is 5.75. The Kier molecular flexibility index (Phi) is 6.86. The van der Waals surface area contributed by atoms with Crippen LogP contribution in [0.25, 0.3) is 10.6 Å². The van der Waals surface area contributed by atoms with Gasteiger partial charge in [-0.25, -0.2) is 13.8 Å². The molecule has 0 aliphatic carbocycles. The number of carbonyl (C=O) groups excluding carboxylic acids is 1. The predicted octanol–water partition coefficient (Wildman–Crippen LogP) is 6.58. The molecule has 0 aliphatic heterocycles. The minimum Gasteiger partial charge on any atom is -0.493 e. The smallest absolute Gasteiger partial charge is 0.275 e. The number of thiazole rings is 1. The molecule has 0 saturated heterocycles. The van der Waals surface area contributed by atoms with Gasteiger partial charge in [0.15, 0.2) is 11.5 Å². The standard InChI is InChI=1S/C24H17ClF2N2O3S/c1-31-22-10-14(5-8-21(22)32-12-15-9-17(26)6-7-19(15)27)24-29-20(13-33-24)23(30)28-18-4-2-3-16(25)11-18/h2-11,13H,12H2,1H3,(H,28,30). The highest BCUT2D eigenvalue weighted by molar-refractivity contribution is 7.13. The Bertz CT molecular complexity index is 1310. The highest BCUT2D eigenvalue weighted by Crippen LogP contribution is 2.34. The number of anilines is 1. The fraction of sp³-hybridized carbons (Fsp3) is 0.0833. The normalized spacial score (nSPS) is 10.7. The van der Waals surface area contributed by atoms with E-state index in [2.05, 4.69) is 10.3 Å². The summed E-state index contributed by atoms with van der Waals surface area (Å²) < 4.78 is 38.2. The van der Waals surface area contributed by atoms with Gasteiger partial charge in [0.1, 0.15) is 28.9 Å². The molecule has 4 aromatic rings. The molecule has 0 bridgehead atoms. The van der Waals surface area contributed by atoms with Crippen LogP contribution in [0.2, 0.25) is 5.02 Å². The van der Waals surface area contributed by atoms with Crippen LogP contribution in [0.1, 0.15) is 16.1 Å². The van der Waals surface area contributed by atoms with Gasteiger partial charge in [0.2, 0.25) is 0 Å². The van der Waals surface area contributed by atoms with Crippen LogP contribution in [0.4, 0.5) is 14.5 Å². The molecule has 4 rings (SSSR count). The van der Waals surface area contributed by atoms with Crippen LogP contribution in [0.5, 0.6) is 11.5 Å². The van der Waals surface area contributed by atoms with E-state index in [1.165, 1.54) is 18.4 Å². The van der Waals surface area contributed by atoms with Gasteiger partial charge in [-0.2, -0.15) is 0 Å². The van der Waals surface area contributed by atoms with Crippen LogP contribution in [0, 0.1) is 11.6 Å². The van der Waals surface area contributed by atoms with Gasteiger partial charge < -0.3 is 14.8 Å². The first-order valence-corrected chi connectivity index (χ1v) is 11.0. The zero-order valence-corrected chi connectivity index (χ0v) is 18.8. The number of nitrogens with zero attached hydrogens (tertiary/aromatic N) is 1. The molecule has 33 heavy (non-hydrogen) atoms. The van der Waals surface area contributed by atoms with Crippen molar-refractivity contribution in [2.45, 2.75) is 6.61 Å². The second kappa shape index (κ2) is 9.97. The average molecular weight is 487 g/mol. The van der Waals surface area contributed by atoms with Crippen molar-refractivity contribution in [2.75, 3.05) is 12.4 Å². The molecule has 0 spiro atoms. The highest BCUT2D eigenvalue weighted by Gasteiger charge is 2.15. The molecular weight excluding hydrogens is 470 g/mol. The lowest BCUT2D eigenvalue weighted by atomic mass is 10.2. The Labute approximate surface area is 197 Å². The summed E-state index contributed by atoms with van der Waals surface area (Å²) in [5, 5.41) is 5.53. The van der Waals surface area contributed by atoms with Gasteiger partial charge in [-0.15, -0.1) is 11.3 Å². The number of carbonyl (C=O) groups is 1. The lowest BCUT2D eigenvalue weighted by Crippen LogP contribution is -2.12. The lowest BCUT2D eigenvalue weighted by Gasteiger charge is -2.12. The zero-order valence-electron chi connectivity index (χ0n) is 17.3. The number of hydrogen-bond acceptors (Lipinski definition) is 5. The third-order valence-electron chi connectivity index (χ3n) is 4.62. The number of benzene rings is 3. The van der Waals surface area contributed by atoms with Crippen molar-refractivity contribution in [3.05, 3.63) is 94.0 Å². The highest BCUT2D eigenvalue weighted by atomic mass is 35.5. The van der Waals surface area contributed by atoms with Crippen LogP contribution in [-0.4, -0.2) is 18.0 Å². The molecule has 1 amide bonds. The van der Waals surface area contributed by atoms with Crippen molar-refractivity contribution in [1.82, 2.24) is 4.98 Å². The first-order chi connectivity index (χ1) is 15.9. The number of ether oxygens (including phenoxy) is 2. The van der Waals surface area contributed by atoms with Crippen LogP contribution < -0.4 is 14.8 Å². The number of aromatic nitrogens is 1. The van der Waals surface area contributed by atoms with Crippen LogP contribution in [0.15, 0.2) is 66.0 Å². The molecular formula is C24H17ClF2N2O3S. The maximum absolute atomic E-state index is 13.8. The van der Waals surface area contributed by atoms with Crippen molar-refractivity contribution >= 4 is 34.5 Å². The Balaban J connectivity index is 1.49. The van der Waals surface area contributed by atoms with Gasteiger partial charge in [0.05, 0.1) is 7.11 Å². The Morgan fingerprint density at radius 3 is 2.73 bits per heavy atom. The summed E-state index contributed by atoms with van der Waals surface area (Å²) >= 11 is 7.25. The monoisotopic (exact) mass is 486 g/mol. The Morgan fingerprint density at radius 2 is 1.94 bits per heavy atom. The SMILES string of the molecule is COc1cc(-c2nc(C(=O)Nc3cccc(Cl)c3)cs2)ccc1OCc1cc(F)ccc1F. The average Bonchev–Trinajstić information content (AvgIpc) is 3.30. The van der Waals surface area contributed by atoms with Crippen LogP contribution >= 0.6 is 22.9 Å². The fourth-order valence-corrected chi connectivity index (χ4v) is 3.99. The number of nitrogens with one attached hydrogen (secondary N) is 1. The lowest BCUT2D eigenvalue weighted by molar-refractivity contribution is 0.102. The molecule has 0 aliphatic rings. The van der Waals surface area contributed by atoms with Gasteiger partial charge >= 0.3 is 0 Å². The topological polar surface area (TPSA) is 60.5 Å². The van der Waals surface area contributed by atoms with Gasteiger partial charge in [-0.05, 0) is 54.6 Å². The summed E-state index contributed by atoms with van der Waals surface area (Å²) in [4.78, 5) is 16.9. The first kappa shape index (κ1) is 22.7. The van der Waals surface area contributed by atoms with Crippen LogP contribution in [-0.2, 0) is 6.61 Å². The first-order valence-electron chi connectivity index (χ1n) is 9.70. The van der Waals surface area contributed by atoms with Crippen molar-refractivity contribution in [2.24, 2.45) is 0 Å². The third kappa shape index (κ3) is 5.47. The summed E-state index contributed by atoms with van der Waals surface area (Å²) in [6, 6.07) is 15.1. The van der Waals surface area contributed by atoms with E-state index in [-0.39, 0.29) is 23.8 Å². The van der Waals surface area contributed by atoms with E-state index in [9.17, 15) is 13.6 Å². The molecule has 1 aromatic heterocycles. The summed E-state index contributed by atoms with van der Waals surface area (Å²) in [5.74, 6) is -0.705. The van der Waals surface area contributed by atoms with Crippen molar-refractivity contribution < 1.29 is 23.0 Å². The maximum atomic E-state index is 13.8. The van der Waals surface area contributed by atoms with Gasteiger partial charge in [0.25, 0.3) is 5.91 Å². The van der Waals surface area contributed by atoms with Gasteiger partial charge in [-0.3, -0.25) is 4.79 Å². The van der Waals surface area contributed by atoms with E-state index in [1.54, 1.807) is 47.8 Å². The van der Waals surface area contributed by atoms with E-state index >= 15 is 0 Å². The van der Waals surface area contributed by atoms with Gasteiger partial charge in [-0.1, -0.05) is 17.7 Å². The van der Waals surface area contributed by atoms with Gasteiger partial charge in [0, 0.05) is 27.2 Å². The molecule has 0 unspecified atom stereocenters. The van der Waals surface area contributed by atoms with E-state index < -0.39 is 11.6 Å². The minimum atomic E-state index is -0.557. The Hall–Kier alpha value is -3.49. The Morgan fingerprint density at radius 1 is 1.09 bits per heavy atom. The largest absolute Gasteiger partial charge is 0.493 e. The number of methoxy groups -OCH3 is 1. The molecule has 0 fully saturated rings. The minimum absolute atomic E-state index is 0.0939. The van der Waals surface area contributed by atoms with Crippen molar-refractivity contribution in [3.8, 4) is 22.1 Å². The van der Waals surface area contributed by atoms with Crippen LogP contribution in [0.3, 0.4) is 0 Å². The molecule has 0 atom stereocenters. The second-order valence-electron chi connectivity index (χ2n) is 6.89. The molecule has 168 valence electrons. The summed E-state index contributed by atoms with van der Waals surface area (Å²) in [6.07, 6.45) is 0. The van der Waals surface area contributed by atoms with E-state index in [4.69, 9.17) is 21.1 Å². The van der Waals surface area contributed by atoms with E-state index in [0.29, 0.717) is 32.8 Å². The number of amides is 1. The zero-order chi connectivity index (χ0) is 23.4. The molecule has 3 aromatic carbocycles. The predicted molar refractivity (Wildman–Crippen MR) is 124 cm³/mol. The molecule has 9 heteroatoms. The number of rotatable bonds is 7. The second-order valence-corrected chi connectivity index (χ2v) is 8.19. The summed E-state index contributed by atoms with van der Waals surface area (Å²) in [7, 11) is 1.47. The molecule has 0 radical (unpaired) electrons. The molecule has 5 nitrogen and oxygen atoms in total. The maximum Gasteiger partial charge on any atom is 0.275 e. The molecule has 1 N–H and O–H groups in total. The quantitative estimate of drug-likeness (QED) is 0.320. The summed E-state index contributed by atoms with van der Waals surface area (Å²) in [6.45, 7) is -0.162. The van der Waals surface area contributed by atoms with Crippen molar-refractivity contribution in [1.29, 1.82) is 0 Å². The number of hydrogen-bond donors (Lipinski definition) is 1. The number of halogens is 3. The summed E-state index contributed by atoms with van der Waals surface area (Å²) in [5.41, 5.74) is 1.63. The van der Waals surface area contributed by atoms with E-state index in [0.717, 1.165) is 18.2 Å².